The molecule has 0 aliphatic heterocycles. The fourth-order valence-corrected chi connectivity index (χ4v) is 1.84. The van der Waals surface area contributed by atoms with E-state index in [0.29, 0.717) is 0 Å². The summed E-state index contributed by atoms with van der Waals surface area (Å²) < 4.78 is 0. The third-order valence-electron chi connectivity index (χ3n) is 3.07. The molecule has 0 atom stereocenters. The number of hydrogen-bond acceptors (Lipinski definition) is 5. The standard InChI is InChI=1S/C16H14N4O4/c17-12-4-2-1-3-11(12)14(22)20-16(24)15(23)19-10-7-5-9(6-8-10)13(18)21/h1-8H,17H2,(H2,18,21)(H,19,23)(H,20,22,24). The number of nitrogens with one attached hydrogen (secondary N) is 2. The van der Waals surface area contributed by atoms with Crippen LogP contribution < -0.4 is 22.1 Å². The van der Waals surface area contributed by atoms with Crippen molar-refractivity contribution in [1.82, 2.24) is 5.32 Å². The summed E-state index contributed by atoms with van der Waals surface area (Å²) >= 11 is 0. The van der Waals surface area contributed by atoms with E-state index in [1.54, 1.807) is 12.1 Å². The molecule has 6 N–H and O–H groups in total. The topological polar surface area (TPSA) is 144 Å². The first-order valence-corrected chi connectivity index (χ1v) is 6.79. The van der Waals surface area contributed by atoms with Crippen LogP contribution in [0.15, 0.2) is 48.5 Å². The van der Waals surface area contributed by atoms with Crippen molar-refractivity contribution in [3.05, 3.63) is 59.7 Å². The summed E-state index contributed by atoms with van der Waals surface area (Å²) in [5, 5.41) is 4.24. The molecule has 0 aromatic heterocycles. The van der Waals surface area contributed by atoms with Crippen LogP contribution in [0.2, 0.25) is 0 Å². The number of amides is 4. The van der Waals surface area contributed by atoms with E-state index >= 15 is 0 Å². The third kappa shape index (κ3) is 3.95. The Labute approximate surface area is 136 Å². The zero-order valence-corrected chi connectivity index (χ0v) is 12.4. The molecule has 0 aliphatic rings. The van der Waals surface area contributed by atoms with Crippen molar-refractivity contribution < 1.29 is 19.2 Å². The Balaban J connectivity index is 1.99. The molecule has 0 heterocycles. The molecule has 8 nitrogen and oxygen atoms in total. The first-order valence-electron chi connectivity index (χ1n) is 6.79. The highest BCUT2D eigenvalue weighted by Gasteiger charge is 2.19. The highest BCUT2D eigenvalue weighted by molar-refractivity contribution is 6.42. The van der Waals surface area contributed by atoms with E-state index in [4.69, 9.17) is 11.5 Å². The van der Waals surface area contributed by atoms with E-state index in [1.165, 1.54) is 36.4 Å². The molecule has 0 saturated carbocycles. The lowest BCUT2D eigenvalue weighted by molar-refractivity contribution is -0.135. The number of para-hydroxylation sites is 1. The summed E-state index contributed by atoms with van der Waals surface area (Å²) in [6.45, 7) is 0. The molecular weight excluding hydrogens is 312 g/mol. The van der Waals surface area contributed by atoms with Crippen molar-refractivity contribution in [2.24, 2.45) is 5.73 Å². The first-order chi connectivity index (χ1) is 11.4. The van der Waals surface area contributed by atoms with E-state index in [0.717, 1.165) is 0 Å². The average molecular weight is 326 g/mol. The van der Waals surface area contributed by atoms with E-state index in [2.05, 4.69) is 5.32 Å². The molecule has 2 rings (SSSR count). The summed E-state index contributed by atoms with van der Waals surface area (Å²) in [7, 11) is 0. The lowest BCUT2D eigenvalue weighted by Gasteiger charge is -2.07. The fraction of sp³-hybridized carbons (Fsp3) is 0. The number of nitrogens with two attached hydrogens (primary N) is 2. The lowest BCUT2D eigenvalue weighted by atomic mass is 10.1. The number of imide groups is 1. The molecule has 0 aliphatic carbocycles. The van der Waals surface area contributed by atoms with E-state index < -0.39 is 23.6 Å². The van der Waals surface area contributed by atoms with Crippen molar-refractivity contribution in [1.29, 1.82) is 0 Å². The number of primary amides is 1. The number of nitrogen functional groups attached to an aromatic ring is 1. The maximum absolute atomic E-state index is 11.9. The Morgan fingerprint density at radius 2 is 1.46 bits per heavy atom. The molecule has 24 heavy (non-hydrogen) atoms. The highest BCUT2D eigenvalue weighted by atomic mass is 16.2. The maximum atomic E-state index is 11.9. The van der Waals surface area contributed by atoms with Gasteiger partial charge in [-0.2, -0.15) is 0 Å². The van der Waals surface area contributed by atoms with Gasteiger partial charge in [-0.05, 0) is 36.4 Å². The second-order valence-electron chi connectivity index (χ2n) is 4.77. The van der Waals surface area contributed by atoms with Gasteiger partial charge < -0.3 is 16.8 Å². The van der Waals surface area contributed by atoms with Crippen molar-refractivity contribution >= 4 is 35.0 Å². The third-order valence-corrected chi connectivity index (χ3v) is 3.07. The minimum Gasteiger partial charge on any atom is -0.398 e. The molecular formula is C16H14N4O4. The Morgan fingerprint density at radius 3 is 2.04 bits per heavy atom. The first kappa shape index (κ1) is 16.7. The number of benzene rings is 2. The van der Waals surface area contributed by atoms with Crippen molar-refractivity contribution in [2.45, 2.75) is 0 Å². The van der Waals surface area contributed by atoms with Gasteiger partial charge in [0.2, 0.25) is 5.91 Å². The zero-order valence-electron chi connectivity index (χ0n) is 12.4. The molecule has 2 aromatic rings. The van der Waals surface area contributed by atoms with Gasteiger partial charge in [-0.25, -0.2) is 0 Å². The van der Waals surface area contributed by atoms with Gasteiger partial charge in [0.1, 0.15) is 0 Å². The van der Waals surface area contributed by atoms with Crippen LogP contribution in [0.1, 0.15) is 20.7 Å². The summed E-state index contributed by atoms with van der Waals surface area (Å²) in [4.78, 5) is 46.4. The van der Waals surface area contributed by atoms with Crippen molar-refractivity contribution in [2.75, 3.05) is 11.1 Å². The molecule has 4 amide bonds. The van der Waals surface area contributed by atoms with Gasteiger partial charge in [-0.3, -0.25) is 24.5 Å². The van der Waals surface area contributed by atoms with Gasteiger partial charge in [-0.15, -0.1) is 0 Å². The van der Waals surface area contributed by atoms with Crippen LogP contribution in [-0.2, 0) is 9.59 Å². The Hall–Kier alpha value is -3.68. The van der Waals surface area contributed by atoms with Gasteiger partial charge >= 0.3 is 11.8 Å². The number of rotatable bonds is 3. The van der Waals surface area contributed by atoms with Gasteiger partial charge in [-0.1, -0.05) is 12.1 Å². The van der Waals surface area contributed by atoms with Gasteiger partial charge in [0.25, 0.3) is 5.91 Å². The minimum absolute atomic E-state index is 0.0875. The van der Waals surface area contributed by atoms with Crippen LogP contribution in [0.5, 0.6) is 0 Å². The molecule has 0 radical (unpaired) electrons. The minimum atomic E-state index is -1.14. The largest absolute Gasteiger partial charge is 0.398 e. The zero-order chi connectivity index (χ0) is 17.7. The fourth-order valence-electron chi connectivity index (χ4n) is 1.84. The molecule has 0 unspecified atom stereocenters. The van der Waals surface area contributed by atoms with Gasteiger partial charge in [0.05, 0.1) is 5.56 Å². The molecule has 0 bridgehead atoms. The van der Waals surface area contributed by atoms with E-state index in [9.17, 15) is 19.2 Å². The van der Waals surface area contributed by atoms with Crippen molar-refractivity contribution in [3.63, 3.8) is 0 Å². The van der Waals surface area contributed by atoms with Crippen LogP contribution in [0.4, 0.5) is 11.4 Å². The lowest BCUT2D eigenvalue weighted by Crippen LogP contribution is -2.39. The van der Waals surface area contributed by atoms with Crippen LogP contribution >= 0.6 is 0 Å². The van der Waals surface area contributed by atoms with E-state index in [1.807, 2.05) is 5.32 Å². The second kappa shape index (κ2) is 7.05. The maximum Gasteiger partial charge on any atom is 0.316 e. The predicted molar refractivity (Wildman–Crippen MR) is 86.9 cm³/mol. The number of hydrogen-bond donors (Lipinski definition) is 4. The summed E-state index contributed by atoms with van der Waals surface area (Å²) in [5.74, 6) is -3.57. The molecule has 122 valence electrons. The normalized spacial score (nSPS) is 9.83. The SMILES string of the molecule is NC(=O)c1ccc(NC(=O)C(=O)NC(=O)c2ccccc2N)cc1. The molecule has 0 spiro atoms. The number of anilines is 2. The number of carbonyl (C=O) groups is 4. The summed E-state index contributed by atoms with van der Waals surface area (Å²) in [5.41, 5.74) is 11.5. The average Bonchev–Trinajstić information content (AvgIpc) is 2.55. The van der Waals surface area contributed by atoms with Gasteiger partial charge in [0, 0.05) is 16.9 Å². The molecule has 8 heteroatoms. The Bertz CT molecular complexity index is 815. The van der Waals surface area contributed by atoms with Crippen molar-refractivity contribution in [3.8, 4) is 0 Å². The summed E-state index contributed by atoms with van der Waals surface area (Å²) in [6.07, 6.45) is 0. The molecule has 2 aromatic carbocycles. The van der Waals surface area contributed by atoms with Gasteiger partial charge in [0.15, 0.2) is 0 Å². The summed E-state index contributed by atoms with van der Waals surface area (Å²) in [6, 6.07) is 11.7. The number of carbonyl (C=O) groups excluding carboxylic acids is 4. The Kier molecular flexibility index (Phi) is 4.90. The quantitative estimate of drug-likeness (QED) is 0.472. The molecule has 0 saturated heterocycles. The molecule has 0 fully saturated rings. The van der Waals surface area contributed by atoms with Crippen LogP contribution in [0.3, 0.4) is 0 Å². The van der Waals surface area contributed by atoms with Crippen LogP contribution in [-0.4, -0.2) is 23.6 Å². The smallest absolute Gasteiger partial charge is 0.316 e. The Morgan fingerprint density at radius 1 is 0.833 bits per heavy atom. The van der Waals surface area contributed by atoms with E-state index in [-0.39, 0.29) is 22.5 Å². The van der Waals surface area contributed by atoms with Crippen LogP contribution in [0, 0.1) is 0 Å². The monoisotopic (exact) mass is 326 g/mol. The highest BCUT2D eigenvalue weighted by Crippen LogP contribution is 2.11. The second-order valence-corrected chi connectivity index (χ2v) is 4.77. The predicted octanol–water partition coefficient (Wildman–Crippen LogP) is 0.263. The van der Waals surface area contributed by atoms with Crippen LogP contribution in [0.25, 0.3) is 0 Å².